The number of nitrogens with zero attached hydrogens (tertiary/aromatic N) is 3. The zero-order valence-electron chi connectivity index (χ0n) is 12.8. The molecule has 6 nitrogen and oxygen atoms in total. The molecular weight excluding hydrogens is 332 g/mol. The van der Waals surface area contributed by atoms with Crippen molar-refractivity contribution in [3.63, 3.8) is 0 Å². The second-order valence-corrected chi connectivity index (χ2v) is 6.88. The second kappa shape index (κ2) is 6.13. The van der Waals surface area contributed by atoms with E-state index >= 15 is 0 Å². The molecule has 8 heteroatoms. The fourth-order valence-corrected chi connectivity index (χ4v) is 3.99. The predicted molar refractivity (Wildman–Crippen MR) is 95.1 cm³/mol. The van der Waals surface area contributed by atoms with E-state index in [1.54, 1.807) is 11.3 Å². The van der Waals surface area contributed by atoms with Crippen molar-refractivity contribution < 1.29 is 0 Å². The zero-order chi connectivity index (χ0) is 16.6. The molecule has 3 rings (SSSR count). The van der Waals surface area contributed by atoms with Gasteiger partial charge < -0.3 is 5.73 Å². The van der Waals surface area contributed by atoms with Crippen LogP contribution in [0.3, 0.4) is 0 Å². The van der Waals surface area contributed by atoms with Crippen molar-refractivity contribution in [2.45, 2.75) is 19.9 Å². The lowest BCUT2D eigenvalue weighted by Gasteiger charge is -2.13. The predicted octanol–water partition coefficient (Wildman–Crippen LogP) is 2.39. The molecule has 0 fully saturated rings. The summed E-state index contributed by atoms with van der Waals surface area (Å²) in [6.07, 6.45) is 0.749. The number of hydrogen-bond donors (Lipinski definition) is 1. The Balaban J connectivity index is 2.21. The van der Waals surface area contributed by atoms with Crippen LogP contribution < -0.4 is 17.0 Å². The maximum Gasteiger partial charge on any atom is 0.332 e. The Labute approximate surface area is 140 Å². The molecule has 3 aromatic heterocycles. The molecule has 23 heavy (non-hydrogen) atoms. The van der Waals surface area contributed by atoms with E-state index in [1.165, 1.54) is 23.0 Å². The largest absolute Gasteiger partial charge is 0.384 e. The van der Waals surface area contributed by atoms with Crippen LogP contribution in [0.1, 0.15) is 13.3 Å². The third kappa shape index (κ3) is 2.64. The molecule has 0 atom stereocenters. The molecule has 0 radical (unpaired) electrons. The van der Waals surface area contributed by atoms with E-state index in [4.69, 9.17) is 5.73 Å². The summed E-state index contributed by atoms with van der Waals surface area (Å²) in [6, 6.07) is 3.93. The first-order chi connectivity index (χ1) is 11.0. The lowest BCUT2D eigenvalue weighted by Crippen LogP contribution is -2.40. The average Bonchev–Trinajstić information content (AvgIpc) is 3.20. The van der Waals surface area contributed by atoms with Crippen molar-refractivity contribution in [3.8, 4) is 21.1 Å². The van der Waals surface area contributed by atoms with Gasteiger partial charge in [0.1, 0.15) is 16.4 Å². The number of nitrogens with two attached hydrogens (primary N) is 1. The zero-order valence-corrected chi connectivity index (χ0v) is 14.4. The fourth-order valence-electron chi connectivity index (χ4n) is 2.37. The summed E-state index contributed by atoms with van der Waals surface area (Å²) >= 11 is 3.04. The van der Waals surface area contributed by atoms with Crippen molar-refractivity contribution >= 4 is 28.5 Å². The van der Waals surface area contributed by atoms with Gasteiger partial charge in [-0.15, -0.1) is 22.7 Å². The van der Waals surface area contributed by atoms with Gasteiger partial charge in [-0.25, -0.2) is 9.78 Å². The van der Waals surface area contributed by atoms with Crippen molar-refractivity contribution in [3.05, 3.63) is 43.7 Å². The van der Waals surface area contributed by atoms with Gasteiger partial charge in [0.2, 0.25) is 0 Å². The Morgan fingerprint density at radius 1 is 1.30 bits per heavy atom. The highest BCUT2D eigenvalue weighted by molar-refractivity contribution is 7.20. The molecule has 0 saturated carbocycles. The molecule has 0 bridgehead atoms. The normalized spacial score (nSPS) is 11.0. The number of thiophene rings is 1. The van der Waals surface area contributed by atoms with Crippen molar-refractivity contribution in [2.75, 3.05) is 5.73 Å². The molecule has 0 amide bonds. The minimum Gasteiger partial charge on any atom is -0.384 e. The topological polar surface area (TPSA) is 82.9 Å². The SMILES string of the molecule is CCCn1c(N)c(-c2csc(-c3cccs3)n2)c(=O)n(C)c1=O. The number of thiazole rings is 1. The highest BCUT2D eigenvalue weighted by Crippen LogP contribution is 2.31. The minimum absolute atomic E-state index is 0.183. The summed E-state index contributed by atoms with van der Waals surface area (Å²) < 4.78 is 2.52. The van der Waals surface area contributed by atoms with E-state index in [1.807, 2.05) is 29.8 Å². The van der Waals surface area contributed by atoms with Gasteiger partial charge in [-0.05, 0) is 17.9 Å². The van der Waals surface area contributed by atoms with E-state index in [2.05, 4.69) is 4.98 Å². The van der Waals surface area contributed by atoms with Crippen molar-refractivity contribution in [1.82, 2.24) is 14.1 Å². The highest BCUT2D eigenvalue weighted by Gasteiger charge is 2.19. The molecule has 0 spiro atoms. The maximum absolute atomic E-state index is 12.5. The Morgan fingerprint density at radius 3 is 2.74 bits per heavy atom. The number of hydrogen-bond acceptors (Lipinski definition) is 6. The Morgan fingerprint density at radius 2 is 2.09 bits per heavy atom. The van der Waals surface area contributed by atoms with Crippen LogP contribution in [0.15, 0.2) is 32.5 Å². The van der Waals surface area contributed by atoms with Gasteiger partial charge in [0.05, 0.1) is 10.6 Å². The Bertz CT molecular complexity index is 951. The maximum atomic E-state index is 12.5. The van der Waals surface area contributed by atoms with Gasteiger partial charge in [-0.2, -0.15) is 0 Å². The molecule has 0 aliphatic rings. The first kappa shape index (κ1) is 15.7. The quantitative estimate of drug-likeness (QED) is 0.785. The van der Waals surface area contributed by atoms with E-state index in [9.17, 15) is 9.59 Å². The molecule has 0 unspecified atom stereocenters. The third-order valence-electron chi connectivity index (χ3n) is 3.52. The van der Waals surface area contributed by atoms with Crippen molar-refractivity contribution in [2.24, 2.45) is 7.05 Å². The molecular formula is C15H16N4O2S2. The standard InChI is InChI=1S/C15H16N4O2S2/c1-3-6-19-12(16)11(14(20)18(2)15(19)21)9-8-23-13(17-9)10-5-4-7-22-10/h4-5,7-8H,3,6,16H2,1-2H3. The van der Waals surface area contributed by atoms with Crippen molar-refractivity contribution in [1.29, 1.82) is 0 Å². The molecule has 120 valence electrons. The van der Waals surface area contributed by atoms with Crippen LogP contribution in [0, 0.1) is 0 Å². The Kier molecular flexibility index (Phi) is 4.18. The molecule has 3 aromatic rings. The average molecular weight is 348 g/mol. The molecule has 3 heterocycles. The summed E-state index contributed by atoms with van der Waals surface area (Å²) in [5.74, 6) is 0.183. The number of rotatable bonds is 4. The van der Waals surface area contributed by atoms with E-state index in [0.29, 0.717) is 17.8 Å². The van der Waals surface area contributed by atoms with Crippen LogP contribution in [0.25, 0.3) is 21.1 Å². The second-order valence-electron chi connectivity index (χ2n) is 5.07. The summed E-state index contributed by atoms with van der Waals surface area (Å²) in [6.45, 7) is 2.42. The third-order valence-corrected chi connectivity index (χ3v) is 5.40. The van der Waals surface area contributed by atoms with Gasteiger partial charge in [0, 0.05) is 19.0 Å². The van der Waals surface area contributed by atoms with Crippen LogP contribution in [0.2, 0.25) is 0 Å². The lowest BCUT2D eigenvalue weighted by molar-refractivity contribution is 0.600. The highest BCUT2D eigenvalue weighted by atomic mass is 32.1. The van der Waals surface area contributed by atoms with Gasteiger partial charge in [-0.3, -0.25) is 13.9 Å². The van der Waals surface area contributed by atoms with Gasteiger partial charge in [-0.1, -0.05) is 13.0 Å². The molecule has 0 aliphatic carbocycles. The van der Waals surface area contributed by atoms with Crippen LogP contribution in [0.4, 0.5) is 5.82 Å². The molecule has 0 saturated heterocycles. The van der Waals surface area contributed by atoms with E-state index in [-0.39, 0.29) is 5.82 Å². The number of aromatic nitrogens is 3. The summed E-state index contributed by atoms with van der Waals surface area (Å²) in [4.78, 5) is 30.3. The summed E-state index contributed by atoms with van der Waals surface area (Å²) in [7, 11) is 1.46. The van der Waals surface area contributed by atoms with Crippen LogP contribution in [-0.4, -0.2) is 14.1 Å². The van der Waals surface area contributed by atoms with Gasteiger partial charge in [0.15, 0.2) is 0 Å². The fraction of sp³-hybridized carbons (Fsp3) is 0.267. The van der Waals surface area contributed by atoms with Crippen LogP contribution in [0.5, 0.6) is 0 Å². The number of anilines is 1. The molecule has 2 N–H and O–H groups in total. The first-order valence-electron chi connectivity index (χ1n) is 7.13. The Hall–Kier alpha value is -2.19. The van der Waals surface area contributed by atoms with Gasteiger partial charge in [0.25, 0.3) is 5.56 Å². The van der Waals surface area contributed by atoms with Crippen LogP contribution in [-0.2, 0) is 13.6 Å². The van der Waals surface area contributed by atoms with E-state index in [0.717, 1.165) is 20.9 Å². The van der Waals surface area contributed by atoms with E-state index < -0.39 is 11.2 Å². The van der Waals surface area contributed by atoms with Crippen LogP contribution >= 0.6 is 22.7 Å². The van der Waals surface area contributed by atoms with Gasteiger partial charge >= 0.3 is 5.69 Å². The minimum atomic E-state index is -0.414. The summed E-state index contributed by atoms with van der Waals surface area (Å²) in [5.41, 5.74) is 6.11. The molecule has 0 aromatic carbocycles. The summed E-state index contributed by atoms with van der Waals surface area (Å²) in [5, 5.41) is 4.62. The molecule has 0 aliphatic heterocycles. The first-order valence-corrected chi connectivity index (χ1v) is 8.89. The lowest BCUT2D eigenvalue weighted by atomic mass is 10.2. The monoisotopic (exact) mass is 348 g/mol. The number of nitrogen functional groups attached to an aromatic ring is 1. The smallest absolute Gasteiger partial charge is 0.332 e.